The number of hydrogen-bond acceptors (Lipinski definition) is 1. The van der Waals surface area contributed by atoms with E-state index < -0.39 is 17.5 Å². The van der Waals surface area contributed by atoms with Gasteiger partial charge in [-0.3, -0.25) is 0 Å². The summed E-state index contributed by atoms with van der Waals surface area (Å²) in [6, 6.07) is 1.96. The Morgan fingerprint density at radius 2 is 1.93 bits per heavy atom. The average Bonchev–Trinajstić information content (AvgIpc) is 2.18. The lowest BCUT2D eigenvalue weighted by Crippen LogP contribution is -2.04. The van der Waals surface area contributed by atoms with E-state index in [2.05, 4.69) is 17.2 Å². The van der Waals surface area contributed by atoms with Crippen LogP contribution >= 0.6 is 0 Å². The van der Waals surface area contributed by atoms with Gasteiger partial charge in [0.1, 0.15) is 0 Å². The van der Waals surface area contributed by atoms with Gasteiger partial charge in [0.25, 0.3) is 0 Å². The largest absolute Gasteiger partial charge is 0.309 e. The van der Waals surface area contributed by atoms with E-state index in [1.807, 2.05) is 0 Å². The lowest BCUT2D eigenvalue weighted by atomic mass is 10.2. The first-order valence-corrected chi connectivity index (χ1v) is 3.93. The Labute approximate surface area is 79.9 Å². The molecule has 0 unspecified atom stereocenters. The van der Waals surface area contributed by atoms with Crippen LogP contribution in [0.15, 0.2) is 12.1 Å². The summed E-state index contributed by atoms with van der Waals surface area (Å²) < 4.78 is 38.1. The van der Waals surface area contributed by atoms with Crippen molar-refractivity contribution in [3.05, 3.63) is 35.1 Å². The third-order valence-corrected chi connectivity index (χ3v) is 1.52. The molecule has 1 rings (SSSR count). The average molecular weight is 199 g/mol. The maximum absolute atomic E-state index is 13.0. The van der Waals surface area contributed by atoms with Crippen LogP contribution in [0, 0.1) is 29.3 Å². The monoisotopic (exact) mass is 199 g/mol. The second kappa shape index (κ2) is 4.68. The second-order valence-electron chi connectivity index (χ2n) is 2.56. The van der Waals surface area contributed by atoms with Gasteiger partial charge in [-0.05, 0) is 19.2 Å². The van der Waals surface area contributed by atoms with Gasteiger partial charge in [-0.1, -0.05) is 11.8 Å². The first kappa shape index (κ1) is 10.6. The van der Waals surface area contributed by atoms with E-state index >= 15 is 0 Å². The van der Waals surface area contributed by atoms with Crippen molar-refractivity contribution in [1.82, 2.24) is 5.32 Å². The van der Waals surface area contributed by atoms with Crippen molar-refractivity contribution in [2.24, 2.45) is 0 Å². The molecule has 1 nitrogen and oxygen atoms in total. The highest BCUT2D eigenvalue weighted by Gasteiger charge is 2.11. The first-order valence-electron chi connectivity index (χ1n) is 3.93. The summed E-state index contributed by atoms with van der Waals surface area (Å²) in [5, 5.41) is 2.72. The highest BCUT2D eigenvalue weighted by atomic mass is 19.2. The molecule has 14 heavy (non-hydrogen) atoms. The molecular weight excluding hydrogens is 191 g/mol. The normalized spacial score (nSPS) is 9.43. The van der Waals surface area contributed by atoms with Crippen LogP contribution in [0.1, 0.15) is 5.56 Å². The zero-order chi connectivity index (χ0) is 10.6. The standard InChI is InChI=1S/C10H8F3N/c1-14-6-2-3-7-4-5-8(11)10(13)9(7)12/h4-5,14H,6H2,1H3. The molecule has 0 amide bonds. The fourth-order valence-electron chi connectivity index (χ4n) is 0.850. The van der Waals surface area contributed by atoms with E-state index in [1.54, 1.807) is 7.05 Å². The number of halogens is 3. The van der Waals surface area contributed by atoms with Crippen molar-refractivity contribution in [3.8, 4) is 11.8 Å². The zero-order valence-corrected chi connectivity index (χ0v) is 7.50. The molecule has 0 aromatic heterocycles. The van der Waals surface area contributed by atoms with Gasteiger partial charge in [0, 0.05) is 0 Å². The van der Waals surface area contributed by atoms with Gasteiger partial charge in [0.2, 0.25) is 0 Å². The molecule has 0 heterocycles. The van der Waals surface area contributed by atoms with Crippen LogP contribution in [0.3, 0.4) is 0 Å². The Morgan fingerprint density at radius 1 is 1.21 bits per heavy atom. The smallest absolute Gasteiger partial charge is 0.195 e. The molecule has 74 valence electrons. The molecular formula is C10H8F3N. The fraction of sp³-hybridized carbons (Fsp3) is 0.200. The topological polar surface area (TPSA) is 12.0 Å². The van der Waals surface area contributed by atoms with E-state index in [0.29, 0.717) is 6.54 Å². The minimum Gasteiger partial charge on any atom is -0.309 e. The van der Waals surface area contributed by atoms with Gasteiger partial charge in [-0.2, -0.15) is 0 Å². The molecule has 0 aliphatic heterocycles. The summed E-state index contributed by atoms with van der Waals surface area (Å²) in [4.78, 5) is 0. The number of hydrogen-bond donors (Lipinski definition) is 1. The van der Waals surface area contributed by atoms with Crippen LogP contribution in [0.2, 0.25) is 0 Å². The quantitative estimate of drug-likeness (QED) is 0.536. The predicted molar refractivity (Wildman–Crippen MR) is 47.1 cm³/mol. The second-order valence-corrected chi connectivity index (χ2v) is 2.56. The van der Waals surface area contributed by atoms with Gasteiger partial charge < -0.3 is 5.32 Å². The summed E-state index contributed by atoms with van der Waals surface area (Å²) in [5.41, 5.74) is -0.140. The minimum atomic E-state index is -1.48. The molecule has 1 aromatic carbocycles. The molecule has 0 saturated carbocycles. The number of nitrogens with one attached hydrogen (secondary N) is 1. The van der Waals surface area contributed by atoms with Crippen LogP contribution in [-0.2, 0) is 0 Å². The molecule has 1 aromatic rings. The van der Waals surface area contributed by atoms with Crippen molar-refractivity contribution in [2.75, 3.05) is 13.6 Å². The summed E-state index contributed by atoms with van der Waals surface area (Å²) in [6.07, 6.45) is 0. The van der Waals surface area contributed by atoms with Crippen molar-refractivity contribution in [2.45, 2.75) is 0 Å². The lowest BCUT2D eigenvalue weighted by Gasteiger charge is -1.96. The Hall–Kier alpha value is -1.47. The van der Waals surface area contributed by atoms with E-state index in [0.717, 1.165) is 12.1 Å². The van der Waals surface area contributed by atoms with Gasteiger partial charge in [0.05, 0.1) is 12.1 Å². The van der Waals surface area contributed by atoms with Crippen molar-refractivity contribution < 1.29 is 13.2 Å². The SMILES string of the molecule is CNCC#Cc1ccc(F)c(F)c1F. The van der Waals surface area contributed by atoms with E-state index in [9.17, 15) is 13.2 Å². The van der Waals surface area contributed by atoms with Crippen molar-refractivity contribution in [1.29, 1.82) is 0 Å². The molecule has 0 aliphatic rings. The molecule has 1 N–H and O–H groups in total. The van der Waals surface area contributed by atoms with Crippen LogP contribution in [-0.4, -0.2) is 13.6 Å². The predicted octanol–water partition coefficient (Wildman–Crippen LogP) is 1.67. The van der Waals surface area contributed by atoms with Crippen LogP contribution in [0.4, 0.5) is 13.2 Å². The van der Waals surface area contributed by atoms with Gasteiger partial charge in [-0.15, -0.1) is 0 Å². The van der Waals surface area contributed by atoms with Crippen LogP contribution in [0.5, 0.6) is 0 Å². The van der Waals surface area contributed by atoms with E-state index in [1.165, 1.54) is 0 Å². The van der Waals surface area contributed by atoms with Gasteiger partial charge in [-0.25, -0.2) is 13.2 Å². The Kier molecular flexibility index (Phi) is 3.55. The van der Waals surface area contributed by atoms with E-state index in [-0.39, 0.29) is 5.56 Å². The molecule has 0 bridgehead atoms. The highest BCUT2D eigenvalue weighted by molar-refractivity contribution is 5.36. The Balaban J connectivity index is 3.02. The first-order chi connectivity index (χ1) is 6.66. The summed E-state index contributed by atoms with van der Waals surface area (Å²) >= 11 is 0. The van der Waals surface area contributed by atoms with Crippen LogP contribution < -0.4 is 5.32 Å². The zero-order valence-electron chi connectivity index (χ0n) is 7.50. The van der Waals surface area contributed by atoms with Gasteiger partial charge in [0.15, 0.2) is 17.5 Å². The van der Waals surface area contributed by atoms with Crippen molar-refractivity contribution >= 4 is 0 Å². The molecule has 0 radical (unpaired) electrons. The molecule has 4 heteroatoms. The van der Waals surface area contributed by atoms with Gasteiger partial charge >= 0.3 is 0 Å². The third-order valence-electron chi connectivity index (χ3n) is 1.52. The number of rotatable bonds is 1. The summed E-state index contributed by atoms with van der Waals surface area (Å²) in [7, 11) is 1.68. The van der Waals surface area contributed by atoms with Crippen molar-refractivity contribution in [3.63, 3.8) is 0 Å². The molecule has 0 saturated heterocycles. The third kappa shape index (κ3) is 2.27. The highest BCUT2D eigenvalue weighted by Crippen LogP contribution is 2.13. The Bertz CT molecular complexity index is 390. The maximum Gasteiger partial charge on any atom is 0.195 e. The van der Waals surface area contributed by atoms with Crippen LogP contribution in [0.25, 0.3) is 0 Å². The van der Waals surface area contributed by atoms with E-state index in [4.69, 9.17) is 0 Å². The molecule has 0 spiro atoms. The maximum atomic E-state index is 13.0. The fourth-order valence-corrected chi connectivity index (χ4v) is 0.850. The Morgan fingerprint density at radius 3 is 2.57 bits per heavy atom. The summed E-state index contributed by atoms with van der Waals surface area (Å²) in [5.74, 6) is 1.00. The molecule has 0 aliphatic carbocycles. The molecule has 0 fully saturated rings. The summed E-state index contributed by atoms with van der Waals surface area (Å²) in [6.45, 7) is 0.360. The number of benzene rings is 1. The molecule has 0 atom stereocenters. The lowest BCUT2D eigenvalue weighted by molar-refractivity contribution is 0.446. The minimum absolute atomic E-state index is 0.140.